The van der Waals surface area contributed by atoms with Crippen LogP contribution in [0.25, 0.3) is 32.7 Å². The standard InChI is InChI=1S/C34H38N4O10/c1-13(2)23-17-7-15(5)25(31(45)27(17)19(29(43)33(23)47)9-35-37-21(41)11-39)26-16(6)8-18-24(14(3)4)34(48)30(44)20(28(18)32(26)46)10-36-38-22(42)12-40/h7-10,13-14,39-40,43-48H,11-12H2,1-6H3,(H,37,41)(H,38,42). The van der Waals surface area contributed by atoms with Crippen LogP contribution in [0.3, 0.4) is 0 Å². The number of aliphatic hydroxyl groups excluding tert-OH is 2. The van der Waals surface area contributed by atoms with Crippen LogP contribution in [-0.4, -0.2) is 78.3 Å². The molecule has 0 heterocycles. The van der Waals surface area contributed by atoms with Crippen molar-refractivity contribution < 1.29 is 50.4 Å². The lowest BCUT2D eigenvalue weighted by atomic mass is 9.83. The van der Waals surface area contributed by atoms with Crippen molar-refractivity contribution in [3.05, 3.63) is 45.5 Å². The highest BCUT2D eigenvalue weighted by Gasteiger charge is 2.29. The molecule has 0 radical (unpaired) electrons. The monoisotopic (exact) mass is 662 g/mol. The highest BCUT2D eigenvalue weighted by atomic mass is 16.3. The second kappa shape index (κ2) is 13.6. The summed E-state index contributed by atoms with van der Waals surface area (Å²) in [5.74, 6) is -5.41. The third-order valence-electron chi connectivity index (χ3n) is 8.04. The van der Waals surface area contributed by atoms with Gasteiger partial charge in [-0.1, -0.05) is 39.8 Å². The fourth-order valence-corrected chi connectivity index (χ4v) is 6.03. The Morgan fingerprint density at radius 1 is 0.625 bits per heavy atom. The van der Waals surface area contributed by atoms with Crippen molar-refractivity contribution in [1.29, 1.82) is 0 Å². The number of phenols is 6. The van der Waals surface area contributed by atoms with Crippen LogP contribution in [0.4, 0.5) is 0 Å². The summed E-state index contributed by atoms with van der Waals surface area (Å²) >= 11 is 0. The van der Waals surface area contributed by atoms with Gasteiger partial charge in [0.2, 0.25) is 0 Å². The molecular formula is C34H38N4O10. The molecule has 0 aliphatic rings. The summed E-state index contributed by atoms with van der Waals surface area (Å²) < 4.78 is 0. The largest absolute Gasteiger partial charge is 0.507 e. The van der Waals surface area contributed by atoms with Gasteiger partial charge in [0.05, 0.1) is 23.6 Å². The first-order valence-corrected chi connectivity index (χ1v) is 14.9. The Hall–Kier alpha value is -5.60. The van der Waals surface area contributed by atoms with Gasteiger partial charge in [0.15, 0.2) is 23.0 Å². The van der Waals surface area contributed by atoms with E-state index in [1.165, 1.54) is 0 Å². The van der Waals surface area contributed by atoms with E-state index in [-0.39, 0.29) is 44.9 Å². The van der Waals surface area contributed by atoms with Gasteiger partial charge in [-0.2, -0.15) is 10.2 Å². The Balaban J connectivity index is 2.19. The maximum atomic E-state index is 12.0. The molecule has 0 aromatic heterocycles. The molecule has 14 heteroatoms. The van der Waals surface area contributed by atoms with Gasteiger partial charge >= 0.3 is 0 Å². The molecule has 0 fully saturated rings. The topological polar surface area (TPSA) is 245 Å². The van der Waals surface area contributed by atoms with Gasteiger partial charge in [-0.25, -0.2) is 10.9 Å². The zero-order valence-electron chi connectivity index (χ0n) is 27.2. The molecule has 254 valence electrons. The van der Waals surface area contributed by atoms with Crippen molar-refractivity contribution >= 4 is 45.8 Å². The average molecular weight is 663 g/mol. The van der Waals surface area contributed by atoms with E-state index >= 15 is 0 Å². The molecule has 0 saturated heterocycles. The van der Waals surface area contributed by atoms with Crippen LogP contribution in [0, 0.1) is 13.8 Å². The third-order valence-corrected chi connectivity index (χ3v) is 8.04. The van der Waals surface area contributed by atoms with E-state index in [1.807, 2.05) is 0 Å². The van der Waals surface area contributed by atoms with Crippen LogP contribution < -0.4 is 10.9 Å². The van der Waals surface area contributed by atoms with E-state index in [9.17, 15) is 40.2 Å². The zero-order chi connectivity index (χ0) is 35.8. The van der Waals surface area contributed by atoms with Gasteiger partial charge < -0.3 is 40.9 Å². The van der Waals surface area contributed by atoms with Crippen LogP contribution in [0.1, 0.15) is 72.9 Å². The summed E-state index contributed by atoms with van der Waals surface area (Å²) in [7, 11) is 0. The molecule has 48 heavy (non-hydrogen) atoms. The van der Waals surface area contributed by atoms with Crippen molar-refractivity contribution in [3.63, 3.8) is 0 Å². The maximum Gasteiger partial charge on any atom is 0.265 e. The highest BCUT2D eigenvalue weighted by Crippen LogP contribution is 2.54. The van der Waals surface area contributed by atoms with Crippen molar-refractivity contribution in [2.45, 2.75) is 53.4 Å². The summed E-state index contributed by atoms with van der Waals surface area (Å²) in [5.41, 5.74) is 5.55. The van der Waals surface area contributed by atoms with Crippen LogP contribution in [0.15, 0.2) is 22.3 Å². The number of carbonyl (C=O) groups excluding carboxylic acids is 2. The van der Waals surface area contributed by atoms with E-state index in [2.05, 4.69) is 21.1 Å². The Morgan fingerprint density at radius 2 is 0.958 bits per heavy atom. The number of nitrogens with one attached hydrogen (secondary N) is 2. The lowest BCUT2D eigenvalue weighted by Gasteiger charge is -2.23. The van der Waals surface area contributed by atoms with Crippen LogP contribution in [0.2, 0.25) is 0 Å². The molecule has 0 aliphatic heterocycles. The second-order valence-electron chi connectivity index (χ2n) is 11.9. The Labute approximate surface area is 274 Å². The van der Waals surface area contributed by atoms with E-state index in [1.54, 1.807) is 53.7 Å². The SMILES string of the molecule is Cc1cc2c(C(C)C)c(O)c(O)c(C=NNC(=O)CO)c2c(O)c1-c1c(C)cc2c(C(C)C)c(O)c(O)c(C=NNC(=O)CO)c2c1O. The van der Waals surface area contributed by atoms with Crippen LogP contribution >= 0.6 is 0 Å². The number of hydrazone groups is 2. The molecule has 0 aliphatic carbocycles. The number of aliphatic hydroxyl groups is 2. The average Bonchev–Trinajstić information content (AvgIpc) is 3.01. The number of fused-ring (bicyclic) bond motifs is 2. The third kappa shape index (κ3) is 5.98. The van der Waals surface area contributed by atoms with E-state index in [0.29, 0.717) is 33.0 Å². The molecule has 4 aromatic carbocycles. The molecule has 14 nitrogen and oxygen atoms in total. The molecule has 0 atom stereocenters. The van der Waals surface area contributed by atoms with Crippen molar-refractivity contribution in [2.75, 3.05) is 13.2 Å². The lowest BCUT2D eigenvalue weighted by Crippen LogP contribution is -2.20. The van der Waals surface area contributed by atoms with E-state index < -0.39 is 59.5 Å². The van der Waals surface area contributed by atoms with Gasteiger partial charge in [-0.05, 0) is 47.6 Å². The number of aromatic hydroxyl groups is 6. The van der Waals surface area contributed by atoms with Crippen LogP contribution in [-0.2, 0) is 9.59 Å². The number of carbonyl (C=O) groups is 2. The number of amides is 2. The number of nitrogens with zero attached hydrogens (tertiary/aromatic N) is 2. The van der Waals surface area contributed by atoms with Crippen LogP contribution in [0.5, 0.6) is 34.5 Å². The molecule has 0 bridgehead atoms. The van der Waals surface area contributed by atoms with Gasteiger partial charge in [0.1, 0.15) is 24.7 Å². The summed E-state index contributed by atoms with van der Waals surface area (Å²) in [4.78, 5) is 23.2. The number of phenolic OH excluding ortho intramolecular Hbond substituents is 6. The van der Waals surface area contributed by atoms with Gasteiger partial charge in [-0.3, -0.25) is 9.59 Å². The lowest BCUT2D eigenvalue weighted by molar-refractivity contribution is -0.124. The Morgan fingerprint density at radius 3 is 1.25 bits per heavy atom. The molecule has 0 saturated carbocycles. The quantitative estimate of drug-likeness (QED) is 0.0708. The van der Waals surface area contributed by atoms with E-state index in [0.717, 1.165) is 12.4 Å². The summed E-state index contributed by atoms with van der Waals surface area (Å²) in [6, 6.07) is 3.32. The molecule has 2 amide bonds. The fraction of sp³-hybridized carbons (Fsp3) is 0.294. The molecular weight excluding hydrogens is 624 g/mol. The second-order valence-corrected chi connectivity index (χ2v) is 11.9. The summed E-state index contributed by atoms with van der Waals surface area (Å²) in [5, 5.41) is 94.6. The van der Waals surface area contributed by atoms with Gasteiger partial charge in [-0.15, -0.1) is 0 Å². The first-order valence-electron chi connectivity index (χ1n) is 14.9. The zero-order valence-corrected chi connectivity index (χ0v) is 27.2. The smallest absolute Gasteiger partial charge is 0.265 e. The van der Waals surface area contributed by atoms with E-state index in [4.69, 9.17) is 10.2 Å². The molecule has 4 rings (SSSR count). The first kappa shape index (κ1) is 35.3. The number of hydrogen-bond donors (Lipinski definition) is 10. The van der Waals surface area contributed by atoms with Crippen molar-refractivity contribution in [3.8, 4) is 45.6 Å². The number of benzene rings is 4. The predicted octanol–water partition coefficient (Wildman–Crippen LogP) is 3.64. The molecule has 0 spiro atoms. The highest BCUT2D eigenvalue weighted by molar-refractivity contribution is 6.15. The molecule has 4 aromatic rings. The van der Waals surface area contributed by atoms with Crippen molar-refractivity contribution in [1.82, 2.24) is 10.9 Å². The summed E-state index contributed by atoms with van der Waals surface area (Å²) in [6.07, 6.45) is 2.01. The van der Waals surface area contributed by atoms with Crippen molar-refractivity contribution in [2.24, 2.45) is 10.2 Å². The molecule has 10 N–H and O–H groups in total. The summed E-state index contributed by atoms with van der Waals surface area (Å²) in [6.45, 7) is 8.74. The predicted molar refractivity (Wildman–Crippen MR) is 180 cm³/mol. The minimum absolute atomic E-state index is 0.0282. The Bertz CT molecular complexity index is 1890. The maximum absolute atomic E-state index is 12.0. The Kier molecular flexibility index (Phi) is 10.0. The number of rotatable bonds is 9. The number of hydrogen-bond acceptors (Lipinski definition) is 12. The minimum atomic E-state index is -0.858. The normalized spacial score (nSPS) is 12.0. The first-order chi connectivity index (χ1) is 22.6. The minimum Gasteiger partial charge on any atom is -0.507 e. The van der Waals surface area contributed by atoms with Gasteiger partial charge in [0, 0.05) is 33.0 Å². The number of aryl methyl sites for hydroxylation is 2. The van der Waals surface area contributed by atoms with Gasteiger partial charge in [0.25, 0.3) is 11.8 Å². The fourth-order valence-electron chi connectivity index (χ4n) is 6.03. The molecule has 0 unspecified atom stereocenters.